The fourth-order valence-electron chi connectivity index (χ4n) is 4.79. The van der Waals surface area contributed by atoms with E-state index in [4.69, 9.17) is 22.2 Å². The molecule has 0 aliphatic heterocycles. The molecule has 3 aromatic rings. The first-order valence-electron chi connectivity index (χ1n) is 14.9. The predicted molar refractivity (Wildman–Crippen MR) is 178 cm³/mol. The van der Waals surface area contributed by atoms with Crippen LogP contribution in [0.3, 0.4) is 0 Å². The zero-order valence-electron chi connectivity index (χ0n) is 26.3. The molecule has 246 valence electrons. The largest absolute Gasteiger partial charge is 0.365 e. The van der Waals surface area contributed by atoms with Gasteiger partial charge in [0.1, 0.15) is 14.6 Å². The lowest BCUT2D eigenvalue weighted by Gasteiger charge is -2.19. The molecule has 0 saturated carbocycles. The summed E-state index contributed by atoms with van der Waals surface area (Å²) < 4.78 is 0. The lowest BCUT2D eigenvalue weighted by Crippen LogP contribution is -2.32. The minimum absolute atomic E-state index is 0.219. The van der Waals surface area contributed by atoms with Gasteiger partial charge in [-0.15, -0.1) is 34.0 Å². The Kier molecular flexibility index (Phi) is 13.5. The van der Waals surface area contributed by atoms with Gasteiger partial charge in [-0.25, -0.2) is 15.0 Å². The molecule has 0 aromatic carbocycles. The number of rotatable bonds is 17. The summed E-state index contributed by atoms with van der Waals surface area (Å²) in [6.07, 6.45) is 4.39. The second kappa shape index (κ2) is 16.8. The third kappa shape index (κ3) is 9.84. The highest BCUT2D eigenvalue weighted by atomic mass is 32.1. The molecule has 0 bridgehead atoms. The topological polar surface area (TPSA) is 221 Å². The number of primary amides is 1. The van der Waals surface area contributed by atoms with Crippen LogP contribution in [0, 0.1) is 13.8 Å². The zero-order chi connectivity index (χ0) is 33.3. The number of amides is 4. The predicted octanol–water partition coefficient (Wildman–Crippen LogP) is 3.34. The zero-order valence-corrected chi connectivity index (χ0v) is 28.8. The van der Waals surface area contributed by atoms with Crippen molar-refractivity contribution in [2.24, 2.45) is 17.2 Å². The summed E-state index contributed by atoms with van der Waals surface area (Å²) in [6.45, 7) is 9.59. The Morgan fingerprint density at radius 2 is 1.22 bits per heavy atom. The fraction of sp³-hybridized carbons (Fsp3) is 0.552. The number of aromatic nitrogens is 3. The molecular weight excluding hydrogens is 635 g/mol. The van der Waals surface area contributed by atoms with Crippen LogP contribution in [-0.4, -0.2) is 51.7 Å². The van der Waals surface area contributed by atoms with Crippen LogP contribution in [0.25, 0.3) is 0 Å². The summed E-state index contributed by atoms with van der Waals surface area (Å²) in [5.74, 6) is -1.60. The lowest BCUT2D eigenvalue weighted by molar-refractivity contribution is -0.119. The molecule has 3 aromatic heterocycles. The first kappa shape index (κ1) is 36.2. The number of nitrogens with two attached hydrogens (primary N) is 3. The van der Waals surface area contributed by atoms with Crippen LogP contribution < -0.4 is 33.2 Å². The average molecular weight is 678 g/mol. The number of nitrogens with one attached hydrogen (secondary N) is 3. The van der Waals surface area contributed by atoms with Crippen LogP contribution in [0.4, 0.5) is 0 Å². The summed E-state index contributed by atoms with van der Waals surface area (Å²) in [4.78, 5) is 66.1. The molecule has 16 heteroatoms. The first-order valence-corrected chi connectivity index (χ1v) is 17.3. The number of aryl methyl sites for hydroxylation is 3. The fourth-order valence-corrected chi connectivity index (χ4v) is 7.65. The van der Waals surface area contributed by atoms with Gasteiger partial charge in [0.2, 0.25) is 5.91 Å². The Labute approximate surface area is 275 Å². The highest BCUT2D eigenvalue weighted by Crippen LogP contribution is 2.31. The molecule has 0 radical (unpaired) electrons. The Bertz CT molecular complexity index is 1500. The number of thiazole rings is 3. The molecule has 3 rings (SSSR count). The average Bonchev–Trinajstić information content (AvgIpc) is 3.69. The van der Waals surface area contributed by atoms with Crippen molar-refractivity contribution in [2.45, 2.75) is 91.3 Å². The molecule has 0 aliphatic carbocycles. The van der Waals surface area contributed by atoms with Gasteiger partial charge < -0.3 is 33.2 Å². The second-order valence-corrected chi connectivity index (χ2v) is 14.2. The smallest absolute Gasteiger partial charge is 0.263 e. The van der Waals surface area contributed by atoms with E-state index in [-0.39, 0.29) is 11.8 Å². The van der Waals surface area contributed by atoms with Crippen molar-refractivity contribution in [3.05, 3.63) is 46.7 Å². The summed E-state index contributed by atoms with van der Waals surface area (Å²) in [5, 5.41) is 11.0. The number of unbranched alkanes of at least 4 members (excludes halogenated alkanes) is 2. The van der Waals surface area contributed by atoms with Crippen molar-refractivity contribution in [3.8, 4) is 0 Å². The number of carbonyl (C=O) groups excluding carboxylic acids is 4. The van der Waals surface area contributed by atoms with Crippen molar-refractivity contribution in [2.75, 3.05) is 13.1 Å². The van der Waals surface area contributed by atoms with Gasteiger partial charge in [0.25, 0.3) is 17.7 Å². The molecule has 3 heterocycles. The number of nitrogens with zero attached hydrogens (tertiary/aromatic N) is 3. The van der Waals surface area contributed by atoms with E-state index in [2.05, 4.69) is 25.9 Å². The minimum atomic E-state index is -0.637. The molecule has 0 saturated heterocycles. The highest BCUT2D eigenvalue weighted by molar-refractivity contribution is 7.14. The number of carbonyl (C=O) groups is 4. The van der Waals surface area contributed by atoms with Crippen LogP contribution in [-0.2, 0) is 11.2 Å². The Hall–Kier alpha value is -3.31. The maximum Gasteiger partial charge on any atom is 0.263 e. The van der Waals surface area contributed by atoms with Crippen molar-refractivity contribution < 1.29 is 19.2 Å². The molecule has 45 heavy (non-hydrogen) atoms. The Morgan fingerprint density at radius 1 is 0.711 bits per heavy atom. The normalized spacial score (nSPS) is 13.2. The molecule has 3 unspecified atom stereocenters. The van der Waals surface area contributed by atoms with Crippen LogP contribution in [0.2, 0.25) is 0 Å². The van der Waals surface area contributed by atoms with Crippen LogP contribution in [0.5, 0.6) is 0 Å². The second-order valence-electron chi connectivity index (χ2n) is 10.8. The third-order valence-electron chi connectivity index (χ3n) is 6.87. The molecule has 0 fully saturated rings. The van der Waals surface area contributed by atoms with Crippen molar-refractivity contribution >= 4 is 57.6 Å². The molecule has 0 spiro atoms. The van der Waals surface area contributed by atoms with Crippen LogP contribution >= 0.6 is 34.0 Å². The van der Waals surface area contributed by atoms with Crippen LogP contribution in [0.15, 0.2) is 0 Å². The van der Waals surface area contributed by atoms with Gasteiger partial charge in [-0.2, -0.15) is 0 Å². The first-order chi connectivity index (χ1) is 21.4. The Balaban J connectivity index is 1.89. The SMILES string of the molecule is CC(=O)NC(CCCCN)c1nc(C)sc1C(=O)NC(C)c1nc(CCCCN)sc1C(=O)NC(C)c1nc(C)sc1C(N)=O. The highest BCUT2D eigenvalue weighted by Gasteiger charge is 2.29. The third-order valence-corrected chi connectivity index (χ3v) is 9.99. The van der Waals surface area contributed by atoms with E-state index in [0.29, 0.717) is 67.7 Å². The summed E-state index contributed by atoms with van der Waals surface area (Å²) in [6, 6.07) is -1.67. The van der Waals surface area contributed by atoms with E-state index in [9.17, 15) is 19.2 Å². The van der Waals surface area contributed by atoms with Crippen molar-refractivity contribution in [3.63, 3.8) is 0 Å². The van der Waals surface area contributed by atoms with Gasteiger partial charge >= 0.3 is 0 Å². The lowest BCUT2D eigenvalue weighted by atomic mass is 10.0. The van der Waals surface area contributed by atoms with E-state index >= 15 is 0 Å². The van der Waals surface area contributed by atoms with E-state index in [1.807, 2.05) is 6.92 Å². The quantitative estimate of drug-likeness (QED) is 0.115. The van der Waals surface area contributed by atoms with Crippen LogP contribution in [0.1, 0.15) is 132 Å². The monoisotopic (exact) mass is 677 g/mol. The molecule has 13 nitrogen and oxygen atoms in total. The molecule has 4 amide bonds. The van der Waals surface area contributed by atoms with Gasteiger partial charge in [0.15, 0.2) is 0 Å². The van der Waals surface area contributed by atoms with E-state index in [0.717, 1.165) is 30.7 Å². The molecular formula is C29H43N9O4S3. The molecule has 3 atom stereocenters. The van der Waals surface area contributed by atoms with Crippen molar-refractivity contribution in [1.29, 1.82) is 0 Å². The summed E-state index contributed by atoms with van der Waals surface area (Å²) >= 11 is 3.68. The maximum absolute atomic E-state index is 13.7. The van der Waals surface area contributed by atoms with E-state index in [1.54, 1.807) is 20.8 Å². The maximum atomic E-state index is 13.7. The van der Waals surface area contributed by atoms with E-state index < -0.39 is 29.9 Å². The number of hydrogen-bond acceptors (Lipinski definition) is 12. The summed E-state index contributed by atoms with van der Waals surface area (Å²) in [5.41, 5.74) is 18.2. The standard InChI is InChI=1S/C29H43N9O4S3/c1-14(21-24(27(32)40)43-17(4)36-21)33-28(41)25-22(38-20(45-25)11-7-9-13-31)15(2)34-29(42)26-23(37-18(5)44-26)19(35-16(3)39)10-6-8-12-30/h14-15,19H,6-13,30-31H2,1-5H3,(H2,32,40)(H,33,41)(H,34,42)(H,35,39). The van der Waals surface area contributed by atoms with E-state index in [1.165, 1.54) is 40.9 Å². The van der Waals surface area contributed by atoms with Gasteiger partial charge in [0.05, 0.1) is 50.2 Å². The minimum Gasteiger partial charge on any atom is -0.365 e. The molecule has 0 aliphatic rings. The van der Waals surface area contributed by atoms with Gasteiger partial charge in [0, 0.05) is 6.92 Å². The molecule has 9 N–H and O–H groups in total. The van der Waals surface area contributed by atoms with Crippen molar-refractivity contribution in [1.82, 2.24) is 30.9 Å². The van der Waals surface area contributed by atoms with Gasteiger partial charge in [-0.3, -0.25) is 19.2 Å². The van der Waals surface area contributed by atoms with Gasteiger partial charge in [-0.05, 0) is 79.3 Å². The Morgan fingerprint density at radius 3 is 1.78 bits per heavy atom. The number of hydrogen-bond donors (Lipinski definition) is 6. The summed E-state index contributed by atoms with van der Waals surface area (Å²) in [7, 11) is 0. The van der Waals surface area contributed by atoms with Gasteiger partial charge in [-0.1, -0.05) is 0 Å².